The Morgan fingerprint density at radius 3 is 1.20 bits per heavy atom. The van der Waals surface area contributed by atoms with Crippen LogP contribution in [0.5, 0.6) is 34.5 Å². The molecule has 0 spiro atoms. The van der Waals surface area contributed by atoms with E-state index in [2.05, 4.69) is 25.0 Å². The van der Waals surface area contributed by atoms with Crippen LogP contribution >= 0.6 is 0 Å². The van der Waals surface area contributed by atoms with Crippen molar-refractivity contribution in [1.82, 2.24) is 15.3 Å². The van der Waals surface area contributed by atoms with Gasteiger partial charge in [0.15, 0.2) is 12.1 Å². The molecule has 0 saturated heterocycles. The Balaban J connectivity index is 0.000000456. The molecule has 7 aromatic rings. The van der Waals surface area contributed by atoms with Crippen LogP contribution in [0.25, 0.3) is 0 Å². The number of hydrogen-bond donors (Lipinski definition) is 3. The number of nitrogens with two attached hydrogens (primary N) is 1. The van der Waals surface area contributed by atoms with Gasteiger partial charge in [-0.1, -0.05) is 24.3 Å². The summed E-state index contributed by atoms with van der Waals surface area (Å²) in [5.74, 6) is -0.773. The summed E-state index contributed by atoms with van der Waals surface area (Å²) in [5.41, 5.74) is 2.56. The molecule has 0 aliphatic rings. The lowest BCUT2D eigenvalue weighted by molar-refractivity contribution is -0.157. The van der Waals surface area contributed by atoms with Crippen molar-refractivity contribution in [3.63, 3.8) is 0 Å². The number of carbonyl (C=O) groups excluding carboxylic acids is 5. The molecule has 6 aromatic carbocycles. The highest BCUT2D eigenvalue weighted by Crippen LogP contribution is 2.40. The minimum atomic E-state index is -4.54. The Labute approximate surface area is 606 Å². The van der Waals surface area contributed by atoms with Gasteiger partial charge in [0.1, 0.15) is 40.3 Å². The Hall–Kier alpha value is -10.7. The van der Waals surface area contributed by atoms with Crippen LogP contribution < -0.4 is 39.5 Å². The van der Waals surface area contributed by atoms with Crippen molar-refractivity contribution in [2.45, 2.75) is 128 Å². The number of halogens is 18. The summed E-state index contributed by atoms with van der Waals surface area (Å²) in [7, 11) is 7.51. The number of methoxy groups -OCH3 is 6. The summed E-state index contributed by atoms with van der Waals surface area (Å²) in [6.45, 7) is 10.8. The van der Waals surface area contributed by atoms with E-state index in [-0.39, 0.29) is 69.7 Å². The minimum absolute atomic E-state index is 0.0415. The fourth-order valence-corrected chi connectivity index (χ4v) is 8.77. The zero-order valence-corrected chi connectivity index (χ0v) is 59.3. The van der Waals surface area contributed by atoms with Crippen molar-refractivity contribution in [3.8, 4) is 34.5 Å². The first-order valence-corrected chi connectivity index (χ1v) is 30.9. The predicted octanol–water partition coefficient (Wildman–Crippen LogP) is 17.9. The third-order valence-corrected chi connectivity index (χ3v) is 14.1. The lowest BCUT2D eigenvalue weighted by atomic mass is 10.0. The van der Waals surface area contributed by atoms with Gasteiger partial charge in [-0.2, -0.15) is 84.0 Å². The third-order valence-electron chi connectivity index (χ3n) is 14.1. The first kappa shape index (κ1) is 93.4. The number of aliphatic hydroxyl groups excluding tert-OH is 1. The summed E-state index contributed by atoms with van der Waals surface area (Å²) in [5, 5.41) is 11.8. The number of alkyl carbamates (subject to hydrolysis) is 1. The molecular formula is C71H73F18N5O14. The zero-order valence-electron chi connectivity index (χ0n) is 59.3. The number of aliphatic imine (C=N–C) groups is 1. The predicted molar refractivity (Wildman–Crippen MR) is 352 cm³/mol. The van der Waals surface area contributed by atoms with E-state index in [0.29, 0.717) is 28.5 Å². The average Bonchev–Trinajstić information content (AvgIpc) is 0.845. The van der Waals surface area contributed by atoms with Gasteiger partial charge in [-0.15, -0.1) is 0 Å². The second-order valence-electron chi connectivity index (χ2n) is 22.3. The lowest BCUT2D eigenvalue weighted by Crippen LogP contribution is -2.38. The van der Waals surface area contributed by atoms with E-state index >= 15 is 0 Å². The van der Waals surface area contributed by atoms with Gasteiger partial charge in [-0.05, 0) is 139 Å². The van der Waals surface area contributed by atoms with Crippen LogP contribution in [0.4, 0.5) is 83.8 Å². The molecule has 0 fully saturated rings. The number of aromatic nitrogens is 2. The molecule has 592 valence electrons. The van der Waals surface area contributed by atoms with Crippen molar-refractivity contribution in [2.75, 3.05) is 42.7 Å². The SMILES string of the molecule is COc1cc(C(F)(F)F)ccc1C(C)=O.COc1cc(C(F)(F)F)ccc1C(C)N.COc1cc(C(F)(F)F)ccc1C(C)N=C=O.COc1cc(C(F)(F)F)ccc1C(C)NC(=O)OC(Cc1ncccn1)C(=O)OC(C)C.COc1cc(C(F)(F)F)ccc1C(C)O.COc1cc(C(F)(F)F)ccc1C=O. The molecule has 5 atom stereocenters. The standard InChI is InChI=1S/C21H24F3N3O5.C11H10F3NO2.C10H12F3NO.C10H11F3O2.C10H9F3O2.C9H7F3O2/c1-12(2)31-19(28)17(11-18-25-8-5-9-26-18)32-20(29)27-13(3)15-7-6-14(21(22,23)24)10-16(15)30-4;1-7(15-6-16)9-4-3-8(11(12,13)14)5-10(9)17-2;3*1-6(14)8-4-3-7(10(11,12)13)5-9(8)15-2;1-14-8-4-7(9(10,11)12)3-2-6(8)5-13/h5-10,12-13,17H,11H2,1-4H3,(H,27,29);3-5,7H,1-2H3;3-6H,14H2,1-2H3;3-6,14H,1-2H3;3-5H,1-2H3;2-5H,1H3. The van der Waals surface area contributed by atoms with E-state index in [9.17, 15) is 108 Å². The zero-order chi connectivity index (χ0) is 82.6. The number of amides is 1. The largest absolute Gasteiger partial charge is 0.496 e. The monoisotopic (exact) mass is 1560 g/mol. The van der Waals surface area contributed by atoms with E-state index in [1.54, 1.807) is 33.8 Å². The number of alkyl halides is 18. The van der Waals surface area contributed by atoms with Gasteiger partial charge in [0, 0.05) is 40.7 Å². The van der Waals surface area contributed by atoms with Gasteiger partial charge < -0.3 is 54.1 Å². The smallest absolute Gasteiger partial charge is 0.416 e. The number of nitrogens with one attached hydrogen (secondary N) is 1. The van der Waals surface area contributed by atoms with Gasteiger partial charge in [0.25, 0.3) is 0 Å². The highest BCUT2D eigenvalue weighted by molar-refractivity contribution is 5.97. The van der Waals surface area contributed by atoms with Gasteiger partial charge in [-0.3, -0.25) is 9.59 Å². The minimum Gasteiger partial charge on any atom is -0.496 e. The van der Waals surface area contributed by atoms with Crippen LogP contribution in [0.3, 0.4) is 0 Å². The Kier molecular flexibility index (Phi) is 35.8. The van der Waals surface area contributed by atoms with E-state index < -0.39 is 113 Å². The van der Waals surface area contributed by atoms with Crippen molar-refractivity contribution in [1.29, 1.82) is 0 Å². The number of benzene rings is 6. The van der Waals surface area contributed by atoms with Crippen molar-refractivity contribution in [2.24, 2.45) is 10.7 Å². The number of aliphatic hydroxyl groups is 1. The average molecular weight is 1560 g/mol. The molecule has 1 amide bonds. The molecular weight excluding hydrogens is 1490 g/mol. The highest BCUT2D eigenvalue weighted by atomic mass is 19.4. The van der Waals surface area contributed by atoms with Crippen LogP contribution in [0.15, 0.2) is 133 Å². The van der Waals surface area contributed by atoms with Gasteiger partial charge in [0.2, 0.25) is 12.2 Å². The Morgan fingerprint density at radius 1 is 0.500 bits per heavy atom. The van der Waals surface area contributed by atoms with E-state index in [0.717, 1.165) is 84.9 Å². The van der Waals surface area contributed by atoms with Crippen LogP contribution in [0.2, 0.25) is 0 Å². The lowest BCUT2D eigenvalue weighted by Gasteiger charge is -2.21. The summed E-state index contributed by atoms with van der Waals surface area (Å²) in [6.07, 6.45) is -25.5. The second-order valence-corrected chi connectivity index (χ2v) is 22.3. The van der Waals surface area contributed by atoms with E-state index in [1.165, 1.54) is 106 Å². The molecule has 1 heterocycles. The van der Waals surface area contributed by atoms with Crippen molar-refractivity contribution < 1.29 is 146 Å². The normalized spacial score (nSPS) is 12.8. The van der Waals surface area contributed by atoms with Crippen LogP contribution in [0.1, 0.15) is 155 Å². The molecule has 0 aliphatic carbocycles. The first-order valence-electron chi connectivity index (χ1n) is 30.9. The Morgan fingerprint density at radius 2 is 0.843 bits per heavy atom. The van der Waals surface area contributed by atoms with Crippen LogP contribution in [0, 0.1) is 0 Å². The fourth-order valence-electron chi connectivity index (χ4n) is 8.77. The van der Waals surface area contributed by atoms with E-state index in [4.69, 9.17) is 38.9 Å². The van der Waals surface area contributed by atoms with Gasteiger partial charge in [0.05, 0.1) is 118 Å². The van der Waals surface area contributed by atoms with Crippen molar-refractivity contribution in [3.05, 3.63) is 200 Å². The summed E-state index contributed by atoms with van der Waals surface area (Å²) < 4.78 is 263. The quantitative estimate of drug-likeness (QED) is 0.0170. The third kappa shape index (κ3) is 29.9. The van der Waals surface area contributed by atoms with Gasteiger partial charge in [-0.25, -0.2) is 24.4 Å². The highest BCUT2D eigenvalue weighted by Gasteiger charge is 2.37. The number of rotatable bonds is 19. The number of aldehydes is 1. The fraction of sp³-hybridized carbons (Fsp3) is 0.366. The molecule has 37 heteroatoms. The topological polar surface area (TPSA) is 256 Å². The molecule has 5 unspecified atom stereocenters. The second kappa shape index (κ2) is 41.4. The summed E-state index contributed by atoms with van der Waals surface area (Å²) in [6, 6.07) is 17.7. The number of ether oxygens (including phenoxy) is 8. The number of Topliss-reactive ketones (excluding diaryl/α,β-unsaturated/α-hetero) is 1. The maximum atomic E-state index is 12.9. The number of ketones is 1. The molecule has 0 saturated carbocycles. The number of hydrogen-bond acceptors (Lipinski definition) is 18. The molecule has 1 aromatic heterocycles. The van der Waals surface area contributed by atoms with E-state index in [1.807, 2.05) is 0 Å². The number of nitrogens with zero attached hydrogens (tertiary/aromatic N) is 3. The molecule has 0 radical (unpaired) electrons. The first-order chi connectivity index (χ1) is 50.0. The maximum Gasteiger partial charge on any atom is 0.416 e. The van der Waals surface area contributed by atoms with Gasteiger partial charge >= 0.3 is 49.1 Å². The summed E-state index contributed by atoms with van der Waals surface area (Å²) >= 11 is 0. The molecule has 0 bridgehead atoms. The van der Waals surface area contributed by atoms with Crippen molar-refractivity contribution >= 4 is 30.2 Å². The molecule has 4 N–H and O–H groups in total. The van der Waals surface area contributed by atoms with Crippen LogP contribution in [-0.4, -0.2) is 100 Å². The number of isocyanates is 1. The summed E-state index contributed by atoms with van der Waals surface area (Å²) in [4.78, 5) is 67.8. The maximum absolute atomic E-state index is 12.9. The van der Waals surface area contributed by atoms with Crippen LogP contribution in [-0.2, 0) is 62.5 Å². The molecule has 0 aliphatic heterocycles. The number of esters is 1. The number of carbonyl (C=O) groups is 4. The molecule has 7 rings (SSSR count). The molecule has 108 heavy (non-hydrogen) atoms. The Bertz CT molecular complexity index is 4040. The molecule has 19 nitrogen and oxygen atoms in total.